The molecule has 0 aliphatic rings. The molecule has 7 heteroatoms. The van der Waals surface area contributed by atoms with Crippen molar-refractivity contribution in [2.75, 3.05) is 0 Å². The molecule has 0 aliphatic carbocycles. The monoisotopic (exact) mass is 242 g/mol. The topological polar surface area (TPSA) is 63.1 Å². The number of carboxylic acids is 1. The van der Waals surface area contributed by atoms with Gasteiger partial charge in [0.1, 0.15) is 17.3 Å². The van der Waals surface area contributed by atoms with Crippen molar-refractivity contribution in [2.24, 2.45) is 0 Å². The van der Waals surface area contributed by atoms with E-state index in [4.69, 9.17) is 5.11 Å². The average molecular weight is 242 g/mol. The summed E-state index contributed by atoms with van der Waals surface area (Å²) in [5.74, 6) is -2.81. The van der Waals surface area contributed by atoms with Gasteiger partial charge in [0, 0.05) is 11.6 Å². The number of benzene rings is 1. The fraction of sp³-hybridized carbons (Fsp3) is 0. The van der Waals surface area contributed by atoms with Crippen LogP contribution >= 0.6 is 11.5 Å². The summed E-state index contributed by atoms with van der Waals surface area (Å²) in [5, 5.41) is 12.3. The number of halogens is 2. The van der Waals surface area contributed by atoms with Crippen LogP contribution in [-0.2, 0) is 0 Å². The van der Waals surface area contributed by atoms with E-state index in [1.54, 1.807) is 0 Å². The Kier molecular flexibility index (Phi) is 2.61. The van der Waals surface area contributed by atoms with Gasteiger partial charge in [0.2, 0.25) is 0 Å². The molecule has 1 aromatic heterocycles. The van der Waals surface area contributed by atoms with E-state index in [1.807, 2.05) is 0 Å². The van der Waals surface area contributed by atoms with Gasteiger partial charge in [-0.05, 0) is 23.7 Å². The summed E-state index contributed by atoms with van der Waals surface area (Å²) in [4.78, 5) is 10.6. The highest BCUT2D eigenvalue weighted by molar-refractivity contribution is 7.08. The zero-order chi connectivity index (χ0) is 11.7. The SMILES string of the molecule is O=C(O)c1snnc1-c1cc(F)cc(F)c1. The normalized spacial score (nSPS) is 10.4. The molecule has 0 unspecified atom stereocenters. The van der Waals surface area contributed by atoms with Gasteiger partial charge in [0.15, 0.2) is 4.88 Å². The predicted octanol–water partition coefficient (Wildman–Crippen LogP) is 2.18. The molecule has 82 valence electrons. The summed E-state index contributed by atoms with van der Waals surface area (Å²) in [6.07, 6.45) is 0. The molecule has 4 nitrogen and oxygen atoms in total. The molecule has 0 fully saturated rings. The molecule has 0 aliphatic heterocycles. The molecular weight excluding hydrogens is 238 g/mol. The first-order valence-corrected chi connectivity index (χ1v) is 4.87. The van der Waals surface area contributed by atoms with Crippen LogP contribution < -0.4 is 0 Å². The Balaban J connectivity index is 2.58. The number of carboxylic acid groups (broad SMARTS) is 1. The lowest BCUT2D eigenvalue weighted by atomic mass is 10.1. The molecule has 0 saturated heterocycles. The highest BCUT2D eigenvalue weighted by atomic mass is 32.1. The molecule has 0 atom stereocenters. The first-order chi connectivity index (χ1) is 7.58. The van der Waals surface area contributed by atoms with Gasteiger partial charge < -0.3 is 5.11 Å². The molecule has 0 saturated carbocycles. The van der Waals surface area contributed by atoms with Gasteiger partial charge in [0.05, 0.1) is 0 Å². The Labute approximate surface area is 92.3 Å². The number of aromatic nitrogens is 2. The van der Waals surface area contributed by atoms with Crippen LogP contribution in [0.25, 0.3) is 11.3 Å². The molecule has 16 heavy (non-hydrogen) atoms. The zero-order valence-electron chi connectivity index (χ0n) is 7.65. The van der Waals surface area contributed by atoms with Crippen LogP contribution in [0, 0.1) is 11.6 Å². The molecule has 0 amide bonds. The number of rotatable bonds is 2. The van der Waals surface area contributed by atoms with Crippen molar-refractivity contribution in [3.63, 3.8) is 0 Å². The lowest BCUT2D eigenvalue weighted by molar-refractivity contribution is 0.0702. The van der Waals surface area contributed by atoms with E-state index in [0.29, 0.717) is 17.6 Å². The van der Waals surface area contributed by atoms with Gasteiger partial charge in [-0.2, -0.15) is 0 Å². The fourth-order valence-electron chi connectivity index (χ4n) is 1.21. The summed E-state index contributed by atoms with van der Waals surface area (Å²) in [6, 6.07) is 2.71. The van der Waals surface area contributed by atoms with Crippen LogP contribution in [-0.4, -0.2) is 20.7 Å². The Morgan fingerprint density at radius 2 is 1.88 bits per heavy atom. The van der Waals surface area contributed by atoms with Crippen molar-refractivity contribution >= 4 is 17.5 Å². The Hall–Kier alpha value is -1.89. The highest BCUT2D eigenvalue weighted by Crippen LogP contribution is 2.25. The van der Waals surface area contributed by atoms with Crippen LogP contribution in [0.3, 0.4) is 0 Å². The largest absolute Gasteiger partial charge is 0.477 e. The summed E-state index contributed by atoms with van der Waals surface area (Å²) in [6.45, 7) is 0. The Morgan fingerprint density at radius 1 is 1.25 bits per heavy atom. The first kappa shape index (κ1) is 10.6. The van der Waals surface area contributed by atoms with Gasteiger partial charge in [0.25, 0.3) is 0 Å². The molecular formula is C9H4F2N2O2S. The molecule has 0 radical (unpaired) electrons. The van der Waals surface area contributed by atoms with Gasteiger partial charge in [-0.15, -0.1) is 5.10 Å². The minimum Gasteiger partial charge on any atom is -0.477 e. The predicted molar refractivity (Wildman–Crippen MR) is 52.2 cm³/mol. The average Bonchev–Trinajstić information content (AvgIpc) is 2.63. The second kappa shape index (κ2) is 3.93. The van der Waals surface area contributed by atoms with Crippen LogP contribution in [0.4, 0.5) is 8.78 Å². The second-order valence-corrected chi connectivity index (χ2v) is 3.67. The number of hydrogen-bond donors (Lipinski definition) is 1. The smallest absolute Gasteiger partial charge is 0.349 e. The minimum atomic E-state index is -1.23. The number of aromatic carboxylic acids is 1. The summed E-state index contributed by atoms with van der Waals surface area (Å²) >= 11 is 0.659. The van der Waals surface area contributed by atoms with Crippen molar-refractivity contribution in [2.45, 2.75) is 0 Å². The van der Waals surface area contributed by atoms with Crippen LogP contribution in [0.1, 0.15) is 9.67 Å². The summed E-state index contributed by atoms with van der Waals surface area (Å²) in [5.41, 5.74) is 0.0274. The Bertz CT molecular complexity index is 536. The van der Waals surface area contributed by atoms with Crippen molar-refractivity contribution in [3.05, 3.63) is 34.7 Å². The lowest BCUT2D eigenvalue weighted by Gasteiger charge is -1.98. The molecule has 0 bridgehead atoms. The molecule has 1 aromatic carbocycles. The van der Waals surface area contributed by atoms with Crippen molar-refractivity contribution in [3.8, 4) is 11.3 Å². The fourth-order valence-corrected chi connectivity index (χ4v) is 1.74. The van der Waals surface area contributed by atoms with E-state index in [-0.39, 0.29) is 16.1 Å². The zero-order valence-corrected chi connectivity index (χ0v) is 8.46. The van der Waals surface area contributed by atoms with Gasteiger partial charge >= 0.3 is 5.97 Å². The van der Waals surface area contributed by atoms with E-state index in [1.165, 1.54) is 0 Å². The van der Waals surface area contributed by atoms with E-state index in [2.05, 4.69) is 9.59 Å². The van der Waals surface area contributed by atoms with E-state index in [9.17, 15) is 13.6 Å². The lowest BCUT2D eigenvalue weighted by Crippen LogP contribution is -1.96. The first-order valence-electron chi connectivity index (χ1n) is 4.10. The van der Waals surface area contributed by atoms with Crippen molar-refractivity contribution in [1.29, 1.82) is 0 Å². The minimum absolute atomic E-state index is 0.0316. The van der Waals surface area contributed by atoms with Gasteiger partial charge in [-0.25, -0.2) is 13.6 Å². The van der Waals surface area contributed by atoms with E-state index in [0.717, 1.165) is 12.1 Å². The Morgan fingerprint density at radius 3 is 2.44 bits per heavy atom. The van der Waals surface area contributed by atoms with Crippen LogP contribution in [0.5, 0.6) is 0 Å². The maximum absolute atomic E-state index is 12.9. The van der Waals surface area contributed by atoms with Gasteiger partial charge in [-0.1, -0.05) is 4.49 Å². The molecule has 0 spiro atoms. The maximum atomic E-state index is 12.9. The molecule has 1 N–H and O–H groups in total. The van der Waals surface area contributed by atoms with E-state index >= 15 is 0 Å². The van der Waals surface area contributed by atoms with Crippen molar-refractivity contribution < 1.29 is 18.7 Å². The van der Waals surface area contributed by atoms with Crippen LogP contribution in [0.15, 0.2) is 18.2 Å². The second-order valence-electron chi connectivity index (χ2n) is 2.91. The number of hydrogen-bond acceptors (Lipinski definition) is 4. The summed E-state index contributed by atoms with van der Waals surface area (Å²) < 4.78 is 29.3. The molecule has 2 aromatic rings. The summed E-state index contributed by atoms with van der Waals surface area (Å²) in [7, 11) is 0. The van der Waals surface area contributed by atoms with Crippen LogP contribution in [0.2, 0.25) is 0 Å². The maximum Gasteiger partial charge on any atom is 0.349 e. The third-order valence-corrected chi connectivity index (χ3v) is 2.53. The van der Waals surface area contributed by atoms with Crippen molar-refractivity contribution in [1.82, 2.24) is 9.59 Å². The third kappa shape index (κ3) is 1.89. The van der Waals surface area contributed by atoms with Gasteiger partial charge in [-0.3, -0.25) is 0 Å². The molecule has 2 rings (SSSR count). The number of nitrogens with zero attached hydrogens (tertiary/aromatic N) is 2. The van der Waals surface area contributed by atoms with E-state index < -0.39 is 17.6 Å². The third-order valence-electron chi connectivity index (χ3n) is 1.82. The standard InChI is InChI=1S/C9H4F2N2O2S/c10-5-1-4(2-6(11)3-5)7-8(9(14)15)16-13-12-7/h1-3H,(H,14,15). The quantitative estimate of drug-likeness (QED) is 0.876. The number of carbonyl (C=O) groups is 1. The highest BCUT2D eigenvalue weighted by Gasteiger charge is 2.17. The molecule has 1 heterocycles.